The largest absolute Gasteiger partial charge is 0.344 e. The summed E-state index contributed by atoms with van der Waals surface area (Å²) in [7, 11) is 0. The molecule has 0 bridgehead atoms. The number of aromatic nitrogens is 3. The lowest BCUT2D eigenvalue weighted by Crippen LogP contribution is -2.16. The van der Waals surface area contributed by atoms with E-state index in [2.05, 4.69) is 16.3 Å². The third kappa shape index (κ3) is 2.60. The van der Waals surface area contributed by atoms with Crippen LogP contribution in [0.4, 0.5) is 0 Å². The number of nitriles is 1. The SMILES string of the molecule is N#Cc1ccc(CSc2n[nH]c(=O)n2C2CC2)c(Cl)c1. The number of nitrogens with zero attached hydrogens (tertiary/aromatic N) is 3. The van der Waals surface area contributed by atoms with E-state index < -0.39 is 0 Å². The van der Waals surface area contributed by atoms with E-state index in [1.165, 1.54) is 11.8 Å². The zero-order valence-corrected chi connectivity index (χ0v) is 12.0. The molecule has 3 rings (SSSR count). The molecule has 1 saturated carbocycles. The van der Waals surface area contributed by atoms with Crippen LogP contribution in [-0.4, -0.2) is 14.8 Å². The highest BCUT2D eigenvalue weighted by Crippen LogP contribution is 2.36. The molecular formula is C13H11ClN4OS. The van der Waals surface area contributed by atoms with E-state index in [1.54, 1.807) is 16.7 Å². The number of thioether (sulfide) groups is 1. The van der Waals surface area contributed by atoms with Gasteiger partial charge in [0.1, 0.15) is 0 Å². The molecule has 0 unspecified atom stereocenters. The summed E-state index contributed by atoms with van der Waals surface area (Å²) < 4.78 is 1.71. The summed E-state index contributed by atoms with van der Waals surface area (Å²) in [4.78, 5) is 11.7. The lowest BCUT2D eigenvalue weighted by atomic mass is 10.2. The lowest BCUT2D eigenvalue weighted by molar-refractivity contribution is 0.642. The minimum atomic E-state index is -0.152. The van der Waals surface area contributed by atoms with Crippen LogP contribution in [0.1, 0.15) is 30.0 Å². The van der Waals surface area contributed by atoms with Crippen LogP contribution in [0.3, 0.4) is 0 Å². The van der Waals surface area contributed by atoms with Gasteiger partial charge in [0.15, 0.2) is 5.16 Å². The van der Waals surface area contributed by atoms with Crippen molar-refractivity contribution in [2.24, 2.45) is 0 Å². The Bertz CT molecular complexity index is 742. The molecule has 0 aliphatic heterocycles. The number of benzene rings is 1. The van der Waals surface area contributed by atoms with Crippen LogP contribution in [0.5, 0.6) is 0 Å². The summed E-state index contributed by atoms with van der Waals surface area (Å²) in [6.45, 7) is 0. The normalized spacial score (nSPS) is 14.2. The van der Waals surface area contributed by atoms with Crippen LogP contribution in [0.25, 0.3) is 0 Å². The molecule has 1 aliphatic rings. The highest BCUT2D eigenvalue weighted by molar-refractivity contribution is 7.98. The van der Waals surface area contributed by atoms with Gasteiger partial charge in [-0.3, -0.25) is 4.57 Å². The molecule has 1 aliphatic carbocycles. The molecule has 1 heterocycles. The van der Waals surface area contributed by atoms with Crippen LogP contribution in [0.15, 0.2) is 28.2 Å². The van der Waals surface area contributed by atoms with Crippen molar-refractivity contribution in [2.75, 3.05) is 0 Å². The Morgan fingerprint density at radius 1 is 1.55 bits per heavy atom. The van der Waals surface area contributed by atoms with Crippen LogP contribution >= 0.6 is 23.4 Å². The van der Waals surface area contributed by atoms with Crippen molar-refractivity contribution in [1.82, 2.24) is 14.8 Å². The summed E-state index contributed by atoms with van der Waals surface area (Å²) in [5.74, 6) is 0.613. The molecule has 1 N–H and O–H groups in total. The third-order valence-corrected chi connectivity index (χ3v) is 4.48. The van der Waals surface area contributed by atoms with E-state index in [1.807, 2.05) is 6.07 Å². The minimum Gasteiger partial charge on any atom is -0.267 e. The van der Waals surface area contributed by atoms with Gasteiger partial charge in [-0.25, -0.2) is 9.89 Å². The average molecular weight is 307 g/mol. The minimum absolute atomic E-state index is 0.152. The highest BCUT2D eigenvalue weighted by Gasteiger charge is 2.28. The number of H-pyrrole nitrogens is 1. The van der Waals surface area contributed by atoms with Crippen molar-refractivity contribution < 1.29 is 0 Å². The number of aromatic amines is 1. The first-order valence-electron chi connectivity index (χ1n) is 6.17. The van der Waals surface area contributed by atoms with Crippen LogP contribution in [-0.2, 0) is 5.75 Å². The van der Waals surface area contributed by atoms with Gasteiger partial charge in [0.25, 0.3) is 0 Å². The molecule has 7 heteroatoms. The zero-order chi connectivity index (χ0) is 14.1. The van der Waals surface area contributed by atoms with Gasteiger partial charge in [-0.2, -0.15) is 5.26 Å². The predicted octanol–water partition coefficient (Wildman–Crippen LogP) is 2.72. The standard InChI is InChI=1S/C13H11ClN4OS/c14-11-5-8(6-15)1-2-9(11)7-20-13-17-16-12(19)18(13)10-3-4-10/h1-2,5,10H,3-4,7H2,(H,16,19). The smallest absolute Gasteiger partial charge is 0.267 e. The molecule has 0 atom stereocenters. The van der Waals surface area contributed by atoms with Gasteiger partial charge in [0, 0.05) is 16.8 Å². The van der Waals surface area contributed by atoms with E-state index in [4.69, 9.17) is 16.9 Å². The van der Waals surface area contributed by atoms with Crippen LogP contribution < -0.4 is 5.69 Å². The summed E-state index contributed by atoms with van der Waals surface area (Å²) in [6, 6.07) is 7.56. The van der Waals surface area contributed by atoms with Crippen LogP contribution in [0.2, 0.25) is 5.02 Å². The Morgan fingerprint density at radius 3 is 3.00 bits per heavy atom. The van der Waals surface area contributed by atoms with E-state index in [0.29, 0.717) is 27.5 Å². The number of halogens is 1. The summed E-state index contributed by atoms with van der Waals surface area (Å²) in [5.41, 5.74) is 1.31. The first-order valence-corrected chi connectivity index (χ1v) is 7.53. The fraction of sp³-hybridized carbons (Fsp3) is 0.308. The van der Waals surface area contributed by atoms with Crippen LogP contribution in [0, 0.1) is 11.3 Å². The van der Waals surface area contributed by atoms with E-state index in [9.17, 15) is 4.79 Å². The Labute approximate surface area is 124 Å². The molecule has 0 amide bonds. The molecular weight excluding hydrogens is 296 g/mol. The number of rotatable bonds is 4. The summed E-state index contributed by atoms with van der Waals surface area (Å²) in [5, 5.41) is 16.6. The predicted molar refractivity (Wildman–Crippen MR) is 76.8 cm³/mol. The molecule has 2 aromatic rings. The molecule has 20 heavy (non-hydrogen) atoms. The maximum absolute atomic E-state index is 11.7. The van der Waals surface area contributed by atoms with Crippen molar-refractivity contribution >= 4 is 23.4 Å². The second-order valence-corrected chi connectivity index (χ2v) is 5.97. The summed E-state index contributed by atoms with van der Waals surface area (Å²) >= 11 is 7.60. The second-order valence-electron chi connectivity index (χ2n) is 4.62. The van der Waals surface area contributed by atoms with Gasteiger partial charge in [-0.05, 0) is 30.5 Å². The molecule has 102 valence electrons. The van der Waals surface area contributed by atoms with Gasteiger partial charge in [-0.15, -0.1) is 5.10 Å². The van der Waals surface area contributed by atoms with Crippen molar-refractivity contribution in [3.8, 4) is 6.07 Å². The van der Waals surface area contributed by atoms with Gasteiger partial charge < -0.3 is 0 Å². The molecule has 5 nitrogen and oxygen atoms in total. The van der Waals surface area contributed by atoms with Gasteiger partial charge >= 0.3 is 5.69 Å². The monoisotopic (exact) mass is 306 g/mol. The van der Waals surface area contributed by atoms with Crippen molar-refractivity contribution in [1.29, 1.82) is 5.26 Å². The molecule has 1 aromatic carbocycles. The van der Waals surface area contributed by atoms with E-state index in [-0.39, 0.29) is 5.69 Å². The Balaban J connectivity index is 1.77. The fourth-order valence-electron chi connectivity index (χ4n) is 1.92. The number of hydrogen-bond donors (Lipinski definition) is 1. The Hall–Kier alpha value is -1.71. The molecule has 0 radical (unpaired) electrons. The first kappa shape index (κ1) is 13.3. The molecule has 0 spiro atoms. The molecule has 0 saturated heterocycles. The van der Waals surface area contributed by atoms with E-state index >= 15 is 0 Å². The Morgan fingerprint density at radius 2 is 2.35 bits per heavy atom. The lowest BCUT2D eigenvalue weighted by Gasteiger charge is -2.05. The Kier molecular flexibility index (Phi) is 3.55. The van der Waals surface area contributed by atoms with Crippen molar-refractivity contribution in [3.05, 3.63) is 44.8 Å². The quantitative estimate of drug-likeness (QED) is 0.881. The second kappa shape index (κ2) is 5.35. The number of hydrogen-bond acceptors (Lipinski definition) is 4. The fourth-order valence-corrected chi connectivity index (χ4v) is 3.27. The van der Waals surface area contributed by atoms with Crippen molar-refractivity contribution in [3.63, 3.8) is 0 Å². The third-order valence-electron chi connectivity index (χ3n) is 3.12. The highest BCUT2D eigenvalue weighted by atomic mass is 35.5. The zero-order valence-electron chi connectivity index (χ0n) is 10.5. The topological polar surface area (TPSA) is 74.5 Å². The number of nitrogens with one attached hydrogen (secondary N) is 1. The summed E-state index contributed by atoms with van der Waals surface area (Å²) in [6.07, 6.45) is 2.06. The maximum Gasteiger partial charge on any atom is 0.344 e. The first-order chi connectivity index (χ1) is 9.69. The average Bonchev–Trinajstić information content (AvgIpc) is 3.21. The van der Waals surface area contributed by atoms with Gasteiger partial charge in [0.05, 0.1) is 11.6 Å². The maximum atomic E-state index is 11.7. The van der Waals surface area contributed by atoms with E-state index in [0.717, 1.165) is 18.4 Å². The molecule has 1 fully saturated rings. The van der Waals surface area contributed by atoms with Gasteiger partial charge in [0.2, 0.25) is 0 Å². The van der Waals surface area contributed by atoms with Crippen molar-refractivity contribution in [2.45, 2.75) is 29.8 Å². The molecule has 1 aromatic heterocycles. The van der Waals surface area contributed by atoms with Gasteiger partial charge in [-0.1, -0.05) is 29.4 Å².